The fraction of sp³-hybridized carbons (Fsp3) is 0.300. The molecule has 0 aliphatic rings. The van der Waals surface area contributed by atoms with Crippen LogP contribution in [0.3, 0.4) is 0 Å². The van der Waals surface area contributed by atoms with E-state index in [9.17, 15) is 5.11 Å². The number of aliphatic hydroxyl groups excluding tert-OH is 1. The summed E-state index contributed by atoms with van der Waals surface area (Å²) in [6.45, 7) is 2.69. The van der Waals surface area contributed by atoms with Crippen molar-refractivity contribution in [3.8, 4) is 11.5 Å². The van der Waals surface area contributed by atoms with E-state index in [0.717, 1.165) is 28.1 Å². The summed E-state index contributed by atoms with van der Waals surface area (Å²) in [5.41, 5.74) is 4.46. The van der Waals surface area contributed by atoms with Crippen LogP contribution < -0.4 is 14.4 Å². The SMILES string of the molecule is COc1cc(OC)cc(N(CCCO)c2ccc3ncc(C)nc3c2)c1. The number of benzene rings is 2. The van der Waals surface area contributed by atoms with Crippen molar-refractivity contribution in [1.29, 1.82) is 0 Å². The minimum atomic E-state index is 0.115. The van der Waals surface area contributed by atoms with Crippen molar-refractivity contribution in [3.63, 3.8) is 0 Å². The van der Waals surface area contributed by atoms with Gasteiger partial charge in [-0.05, 0) is 31.5 Å². The van der Waals surface area contributed by atoms with Crippen LogP contribution in [0.5, 0.6) is 11.5 Å². The molecule has 0 fully saturated rings. The Kier molecular flexibility index (Phi) is 5.53. The van der Waals surface area contributed by atoms with Gasteiger partial charge in [-0.2, -0.15) is 0 Å². The number of anilines is 2. The second-order valence-electron chi connectivity index (χ2n) is 5.98. The lowest BCUT2D eigenvalue weighted by atomic mass is 10.2. The molecule has 0 spiro atoms. The molecule has 0 radical (unpaired) electrons. The van der Waals surface area contributed by atoms with Crippen LogP contribution in [0.15, 0.2) is 42.6 Å². The molecule has 0 saturated carbocycles. The monoisotopic (exact) mass is 353 g/mol. The zero-order chi connectivity index (χ0) is 18.5. The van der Waals surface area contributed by atoms with E-state index < -0.39 is 0 Å². The number of aliphatic hydroxyl groups is 1. The summed E-state index contributed by atoms with van der Waals surface area (Å²) in [5, 5.41) is 9.32. The van der Waals surface area contributed by atoms with Gasteiger partial charge < -0.3 is 19.5 Å². The molecule has 2 aromatic carbocycles. The van der Waals surface area contributed by atoms with Crippen LogP contribution in [0.25, 0.3) is 11.0 Å². The lowest BCUT2D eigenvalue weighted by Crippen LogP contribution is -2.19. The van der Waals surface area contributed by atoms with Crippen LogP contribution in [0, 0.1) is 6.92 Å². The zero-order valence-corrected chi connectivity index (χ0v) is 15.3. The molecule has 1 aromatic heterocycles. The fourth-order valence-electron chi connectivity index (χ4n) is 2.84. The summed E-state index contributed by atoms with van der Waals surface area (Å²) < 4.78 is 10.8. The molecule has 0 atom stereocenters. The molecule has 0 amide bonds. The minimum Gasteiger partial charge on any atom is -0.497 e. The molecule has 0 aliphatic heterocycles. The van der Waals surface area contributed by atoms with Crippen molar-refractivity contribution in [2.24, 2.45) is 0 Å². The molecular weight excluding hydrogens is 330 g/mol. The highest BCUT2D eigenvalue weighted by molar-refractivity contribution is 5.81. The van der Waals surface area contributed by atoms with E-state index in [1.165, 1.54) is 0 Å². The lowest BCUT2D eigenvalue weighted by Gasteiger charge is -2.26. The van der Waals surface area contributed by atoms with Gasteiger partial charge >= 0.3 is 0 Å². The third kappa shape index (κ3) is 3.86. The molecule has 26 heavy (non-hydrogen) atoms. The van der Waals surface area contributed by atoms with Crippen molar-refractivity contribution in [2.45, 2.75) is 13.3 Å². The third-order valence-electron chi connectivity index (χ3n) is 4.15. The number of rotatable bonds is 7. The van der Waals surface area contributed by atoms with E-state index in [2.05, 4.69) is 14.9 Å². The number of fused-ring (bicyclic) bond motifs is 1. The molecule has 6 heteroatoms. The van der Waals surface area contributed by atoms with Crippen molar-refractivity contribution in [3.05, 3.63) is 48.3 Å². The van der Waals surface area contributed by atoms with Gasteiger partial charge in [0.1, 0.15) is 11.5 Å². The Labute approximate surface area is 153 Å². The highest BCUT2D eigenvalue weighted by Gasteiger charge is 2.13. The highest BCUT2D eigenvalue weighted by atomic mass is 16.5. The molecule has 136 valence electrons. The largest absolute Gasteiger partial charge is 0.497 e. The summed E-state index contributed by atoms with van der Waals surface area (Å²) in [7, 11) is 3.26. The third-order valence-corrected chi connectivity index (χ3v) is 4.15. The number of ether oxygens (including phenoxy) is 2. The van der Waals surface area contributed by atoms with Crippen molar-refractivity contribution >= 4 is 22.4 Å². The van der Waals surface area contributed by atoms with Crippen molar-refractivity contribution < 1.29 is 14.6 Å². The van der Waals surface area contributed by atoms with Gasteiger partial charge in [0.15, 0.2) is 0 Å². The number of hydrogen-bond acceptors (Lipinski definition) is 6. The Morgan fingerprint density at radius 2 is 1.69 bits per heavy atom. The molecule has 1 N–H and O–H groups in total. The molecule has 0 saturated heterocycles. The second-order valence-corrected chi connectivity index (χ2v) is 5.98. The second kappa shape index (κ2) is 8.01. The topological polar surface area (TPSA) is 67.7 Å². The van der Waals surface area contributed by atoms with Gasteiger partial charge in [-0.3, -0.25) is 4.98 Å². The van der Waals surface area contributed by atoms with Gasteiger partial charge in [-0.1, -0.05) is 0 Å². The molecule has 6 nitrogen and oxygen atoms in total. The number of aromatic nitrogens is 2. The molecule has 3 rings (SSSR count). The quantitative estimate of drug-likeness (QED) is 0.701. The standard InChI is InChI=1S/C20H23N3O3/c1-14-13-21-19-6-5-15(11-20(19)22-14)23(7-4-8-24)16-9-17(25-2)12-18(10-16)26-3/h5-6,9-13,24H,4,7-8H2,1-3H3. The van der Waals surface area contributed by atoms with E-state index in [1.54, 1.807) is 20.4 Å². The first-order valence-electron chi connectivity index (χ1n) is 8.49. The predicted molar refractivity (Wildman–Crippen MR) is 103 cm³/mol. The van der Waals surface area contributed by atoms with E-state index in [1.807, 2.05) is 43.3 Å². The maximum Gasteiger partial charge on any atom is 0.124 e. The molecular formula is C20H23N3O3. The smallest absolute Gasteiger partial charge is 0.124 e. The Bertz CT molecular complexity index is 876. The average molecular weight is 353 g/mol. The molecule has 0 bridgehead atoms. The molecule has 3 aromatic rings. The summed E-state index contributed by atoms with van der Waals surface area (Å²) in [5.74, 6) is 1.43. The summed E-state index contributed by atoms with van der Waals surface area (Å²) >= 11 is 0. The lowest BCUT2D eigenvalue weighted by molar-refractivity contribution is 0.291. The maximum atomic E-state index is 9.32. The number of aryl methyl sites for hydroxylation is 1. The first-order chi connectivity index (χ1) is 12.6. The van der Waals surface area contributed by atoms with E-state index >= 15 is 0 Å². The summed E-state index contributed by atoms with van der Waals surface area (Å²) in [6.07, 6.45) is 2.40. The maximum absolute atomic E-state index is 9.32. The van der Waals surface area contributed by atoms with Crippen molar-refractivity contribution in [2.75, 3.05) is 32.3 Å². The highest BCUT2D eigenvalue weighted by Crippen LogP contribution is 2.33. The fourth-order valence-corrected chi connectivity index (χ4v) is 2.84. The Morgan fingerprint density at radius 1 is 0.962 bits per heavy atom. The van der Waals surface area contributed by atoms with Crippen LogP contribution in [0.2, 0.25) is 0 Å². The molecule has 0 unspecified atom stereocenters. The first kappa shape index (κ1) is 17.9. The predicted octanol–water partition coefficient (Wildman–Crippen LogP) is 3.48. The molecule has 1 heterocycles. The van der Waals surface area contributed by atoms with E-state index in [4.69, 9.17) is 9.47 Å². The van der Waals surface area contributed by atoms with Crippen LogP contribution in [-0.4, -0.2) is 42.4 Å². The van der Waals surface area contributed by atoms with Gasteiger partial charge in [0.05, 0.1) is 30.9 Å². The van der Waals surface area contributed by atoms with Gasteiger partial charge in [-0.15, -0.1) is 0 Å². The minimum absolute atomic E-state index is 0.115. The molecule has 0 aliphatic carbocycles. The van der Waals surface area contributed by atoms with E-state index in [0.29, 0.717) is 24.5 Å². The Morgan fingerprint density at radius 3 is 2.35 bits per heavy atom. The Hall–Kier alpha value is -2.86. The van der Waals surface area contributed by atoms with Gasteiger partial charge in [0, 0.05) is 48.9 Å². The number of methoxy groups -OCH3 is 2. The van der Waals surface area contributed by atoms with E-state index in [-0.39, 0.29) is 6.61 Å². The van der Waals surface area contributed by atoms with Gasteiger partial charge in [0.25, 0.3) is 0 Å². The Balaban J connectivity index is 2.08. The van der Waals surface area contributed by atoms with Gasteiger partial charge in [-0.25, -0.2) is 4.98 Å². The zero-order valence-electron chi connectivity index (χ0n) is 15.3. The first-order valence-corrected chi connectivity index (χ1v) is 8.49. The van der Waals surface area contributed by atoms with Crippen LogP contribution in [0.1, 0.15) is 12.1 Å². The van der Waals surface area contributed by atoms with Crippen LogP contribution in [-0.2, 0) is 0 Å². The van der Waals surface area contributed by atoms with Crippen molar-refractivity contribution in [1.82, 2.24) is 9.97 Å². The summed E-state index contributed by atoms with van der Waals surface area (Å²) in [6, 6.07) is 11.7. The van der Waals surface area contributed by atoms with Crippen LogP contribution in [0.4, 0.5) is 11.4 Å². The number of nitrogens with zero attached hydrogens (tertiary/aromatic N) is 3. The van der Waals surface area contributed by atoms with Gasteiger partial charge in [0.2, 0.25) is 0 Å². The van der Waals surface area contributed by atoms with Crippen LogP contribution >= 0.6 is 0 Å². The summed E-state index contributed by atoms with van der Waals surface area (Å²) in [4.78, 5) is 11.1. The average Bonchev–Trinajstić information content (AvgIpc) is 2.67. The number of hydrogen-bond donors (Lipinski definition) is 1. The normalized spacial score (nSPS) is 10.8.